The van der Waals surface area contributed by atoms with Crippen molar-refractivity contribution in [3.63, 3.8) is 0 Å². The van der Waals surface area contributed by atoms with E-state index in [2.05, 4.69) is 10.3 Å². The van der Waals surface area contributed by atoms with E-state index in [1.165, 1.54) is 0 Å². The summed E-state index contributed by atoms with van der Waals surface area (Å²) in [5.41, 5.74) is 0.958. The molecule has 4 rings (SSSR count). The molecule has 1 amide bonds. The zero-order valence-corrected chi connectivity index (χ0v) is 15.4. The maximum absolute atomic E-state index is 13.4. The Bertz CT molecular complexity index is 795. The van der Waals surface area contributed by atoms with Crippen molar-refractivity contribution in [3.8, 4) is 5.75 Å². The molecule has 1 aliphatic carbocycles. The number of carbonyl (C=O) groups is 1. The number of nitrogens with zero attached hydrogens (tertiary/aromatic N) is 3. The molecule has 138 valence electrons. The van der Waals surface area contributed by atoms with Gasteiger partial charge in [0.2, 0.25) is 0 Å². The van der Waals surface area contributed by atoms with Gasteiger partial charge in [0.15, 0.2) is 0 Å². The standard InChI is InChI=1S/C20H26N4O2/c1-23-11-10-22-18(23)14-24(17-13-20(17)6-8-21-9-7-20)19(25)15-4-3-5-16(12-15)26-2/h3-5,10-12,17,21H,6-9,13-14H2,1-2H3. The fourth-order valence-corrected chi connectivity index (χ4v) is 4.18. The molecule has 1 aromatic carbocycles. The van der Waals surface area contributed by atoms with Crippen LogP contribution in [-0.2, 0) is 13.6 Å². The molecule has 2 aromatic rings. The first-order valence-corrected chi connectivity index (χ1v) is 9.25. The summed E-state index contributed by atoms with van der Waals surface area (Å²) in [6, 6.07) is 7.72. The van der Waals surface area contributed by atoms with Crippen LogP contribution in [0.5, 0.6) is 5.75 Å². The summed E-state index contributed by atoms with van der Waals surface area (Å²) in [5.74, 6) is 1.68. The minimum absolute atomic E-state index is 0.0623. The van der Waals surface area contributed by atoms with Crippen molar-refractivity contribution < 1.29 is 9.53 Å². The molecule has 1 unspecified atom stereocenters. The van der Waals surface area contributed by atoms with Crippen LogP contribution in [0, 0.1) is 5.41 Å². The van der Waals surface area contributed by atoms with Gasteiger partial charge in [-0.2, -0.15) is 0 Å². The normalized spacial score (nSPS) is 20.8. The molecule has 1 aliphatic heterocycles. The lowest BCUT2D eigenvalue weighted by Gasteiger charge is -2.29. The number of carbonyl (C=O) groups excluding carboxylic acids is 1. The van der Waals surface area contributed by atoms with Crippen LogP contribution in [0.4, 0.5) is 0 Å². The fourth-order valence-electron chi connectivity index (χ4n) is 4.18. The van der Waals surface area contributed by atoms with Crippen LogP contribution in [0.3, 0.4) is 0 Å². The van der Waals surface area contributed by atoms with E-state index >= 15 is 0 Å². The number of amides is 1. The van der Waals surface area contributed by atoms with Gasteiger partial charge in [-0.25, -0.2) is 4.98 Å². The predicted octanol–water partition coefficient (Wildman–Crippen LogP) is 2.21. The number of imidazole rings is 1. The number of aromatic nitrogens is 2. The molecule has 26 heavy (non-hydrogen) atoms. The molecule has 1 N–H and O–H groups in total. The Hall–Kier alpha value is -2.34. The summed E-state index contributed by atoms with van der Waals surface area (Å²) in [6.07, 6.45) is 7.09. The van der Waals surface area contributed by atoms with Crippen LogP contribution in [0.15, 0.2) is 36.7 Å². The molecule has 2 heterocycles. The van der Waals surface area contributed by atoms with Gasteiger partial charge in [0.25, 0.3) is 5.91 Å². The number of benzene rings is 1. The highest BCUT2D eigenvalue weighted by Gasteiger charge is 2.57. The van der Waals surface area contributed by atoms with Crippen LogP contribution < -0.4 is 10.1 Å². The van der Waals surface area contributed by atoms with Gasteiger partial charge in [-0.05, 0) is 56.0 Å². The first-order chi connectivity index (χ1) is 12.6. The summed E-state index contributed by atoms with van der Waals surface area (Å²) in [4.78, 5) is 19.8. The Labute approximate surface area is 154 Å². The molecule has 0 bridgehead atoms. The van der Waals surface area contributed by atoms with Gasteiger partial charge < -0.3 is 19.5 Å². The van der Waals surface area contributed by atoms with E-state index in [-0.39, 0.29) is 11.3 Å². The number of rotatable bonds is 5. The summed E-state index contributed by atoms with van der Waals surface area (Å²) < 4.78 is 7.29. The Morgan fingerprint density at radius 3 is 2.92 bits per heavy atom. The second-order valence-corrected chi connectivity index (χ2v) is 7.45. The van der Waals surface area contributed by atoms with Gasteiger partial charge >= 0.3 is 0 Å². The van der Waals surface area contributed by atoms with Crippen molar-refractivity contribution in [2.75, 3.05) is 20.2 Å². The average molecular weight is 354 g/mol. The summed E-state index contributed by atoms with van der Waals surface area (Å²) >= 11 is 0. The highest BCUT2D eigenvalue weighted by Crippen LogP contribution is 2.56. The minimum atomic E-state index is 0.0623. The first kappa shape index (κ1) is 17.1. The molecule has 1 saturated carbocycles. The first-order valence-electron chi connectivity index (χ1n) is 9.25. The van der Waals surface area contributed by atoms with Crippen LogP contribution in [-0.4, -0.2) is 46.6 Å². The lowest BCUT2D eigenvalue weighted by Crippen LogP contribution is -2.39. The van der Waals surface area contributed by atoms with Crippen molar-refractivity contribution in [1.29, 1.82) is 0 Å². The van der Waals surface area contributed by atoms with Crippen LogP contribution in [0.2, 0.25) is 0 Å². The molecule has 1 atom stereocenters. The molecule has 1 saturated heterocycles. The van der Waals surface area contributed by atoms with Crippen molar-refractivity contribution >= 4 is 5.91 Å². The lowest BCUT2D eigenvalue weighted by atomic mass is 9.93. The van der Waals surface area contributed by atoms with Crippen molar-refractivity contribution in [2.24, 2.45) is 12.5 Å². The van der Waals surface area contributed by atoms with Crippen molar-refractivity contribution in [1.82, 2.24) is 19.8 Å². The Balaban J connectivity index is 1.62. The van der Waals surface area contributed by atoms with Crippen LogP contribution in [0.25, 0.3) is 0 Å². The van der Waals surface area contributed by atoms with Gasteiger partial charge in [0, 0.05) is 31.0 Å². The number of hydrogen-bond donors (Lipinski definition) is 1. The van der Waals surface area contributed by atoms with Crippen molar-refractivity contribution in [3.05, 3.63) is 48.0 Å². The molecular weight excluding hydrogens is 328 g/mol. The zero-order chi connectivity index (χ0) is 18.1. The summed E-state index contributed by atoms with van der Waals surface area (Å²) in [6.45, 7) is 2.62. The molecule has 0 radical (unpaired) electrons. The molecule has 1 aromatic heterocycles. The third kappa shape index (κ3) is 3.09. The number of piperidine rings is 1. The predicted molar refractivity (Wildman–Crippen MR) is 99.0 cm³/mol. The lowest BCUT2D eigenvalue weighted by molar-refractivity contribution is 0.0685. The highest BCUT2D eigenvalue weighted by molar-refractivity contribution is 5.95. The topological polar surface area (TPSA) is 59.4 Å². The molecule has 6 nitrogen and oxygen atoms in total. The van der Waals surface area contributed by atoms with E-state index in [0.29, 0.717) is 23.9 Å². The fraction of sp³-hybridized carbons (Fsp3) is 0.500. The molecule has 6 heteroatoms. The van der Waals surface area contributed by atoms with Gasteiger partial charge in [0.1, 0.15) is 11.6 Å². The average Bonchev–Trinajstić information content (AvgIpc) is 3.19. The smallest absolute Gasteiger partial charge is 0.254 e. The van der Waals surface area contributed by atoms with Gasteiger partial charge in [-0.15, -0.1) is 0 Å². The monoisotopic (exact) mass is 354 g/mol. The van der Waals surface area contributed by atoms with Gasteiger partial charge in [0.05, 0.1) is 13.7 Å². The Morgan fingerprint density at radius 2 is 2.23 bits per heavy atom. The maximum atomic E-state index is 13.4. The minimum Gasteiger partial charge on any atom is -0.497 e. The quantitative estimate of drug-likeness (QED) is 0.894. The zero-order valence-electron chi connectivity index (χ0n) is 15.4. The van der Waals surface area contributed by atoms with E-state index in [0.717, 1.165) is 38.2 Å². The summed E-state index contributed by atoms with van der Waals surface area (Å²) in [5, 5.41) is 3.43. The number of methoxy groups -OCH3 is 1. The summed E-state index contributed by atoms with van der Waals surface area (Å²) in [7, 11) is 3.60. The Morgan fingerprint density at radius 1 is 1.42 bits per heavy atom. The second kappa shape index (κ2) is 6.76. The number of nitrogens with one attached hydrogen (secondary N) is 1. The molecule has 1 spiro atoms. The van der Waals surface area contributed by atoms with Gasteiger partial charge in [-0.3, -0.25) is 4.79 Å². The third-order valence-corrected chi connectivity index (χ3v) is 5.93. The highest BCUT2D eigenvalue weighted by atomic mass is 16.5. The molecular formula is C20H26N4O2. The van der Waals surface area contributed by atoms with E-state index in [4.69, 9.17) is 4.74 Å². The third-order valence-electron chi connectivity index (χ3n) is 5.93. The number of hydrogen-bond acceptors (Lipinski definition) is 4. The van der Waals surface area contributed by atoms with Gasteiger partial charge in [-0.1, -0.05) is 6.07 Å². The SMILES string of the molecule is COc1cccc(C(=O)N(Cc2nccn2C)C2CC23CCNCC3)c1. The molecule has 2 aliphatic rings. The number of aryl methyl sites for hydroxylation is 1. The van der Waals surface area contributed by atoms with Crippen molar-refractivity contribution in [2.45, 2.75) is 31.8 Å². The molecule has 2 fully saturated rings. The van der Waals surface area contributed by atoms with Crippen LogP contribution in [0.1, 0.15) is 35.4 Å². The van der Waals surface area contributed by atoms with E-state index in [1.54, 1.807) is 13.3 Å². The largest absolute Gasteiger partial charge is 0.497 e. The Kier molecular flexibility index (Phi) is 4.44. The number of ether oxygens (including phenoxy) is 1. The van der Waals surface area contributed by atoms with E-state index in [9.17, 15) is 4.79 Å². The van der Waals surface area contributed by atoms with E-state index in [1.807, 2.05) is 47.0 Å². The van der Waals surface area contributed by atoms with Crippen LogP contribution >= 0.6 is 0 Å². The maximum Gasteiger partial charge on any atom is 0.254 e. The second-order valence-electron chi connectivity index (χ2n) is 7.45. The van der Waals surface area contributed by atoms with E-state index < -0.39 is 0 Å².